The third-order valence-electron chi connectivity index (χ3n) is 3.12. The molecule has 5 heteroatoms. The smallest absolute Gasteiger partial charge is 0.323 e. The molecule has 0 aliphatic heterocycles. The topological polar surface area (TPSA) is 67.2 Å². The van der Waals surface area contributed by atoms with Crippen molar-refractivity contribution < 1.29 is 9.18 Å². The normalized spacial score (nSPS) is 11.8. The van der Waals surface area contributed by atoms with E-state index < -0.39 is 6.03 Å². The van der Waals surface area contributed by atoms with Gasteiger partial charge in [-0.2, -0.15) is 0 Å². The number of hydrogen-bond donors (Lipinski definition) is 3. The highest BCUT2D eigenvalue weighted by Gasteiger charge is 2.05. The highest BCUT2D eigenvalue weighted by atomic mass is 19.1. The van der Waals surface area contributed by atoms with Crippen LogP contribution in [0.4, 0.5) is 20.6 Å². The first-order valence-electron chi connectivity index (χ1n) is 6.65. The number of nitrogens with two attached hydrogens (primary N) is 1. The molecule has 4 N–H and O–H groups in total. The number of carbonyl (C=O) groups is 1. The minimum absolute atomic E-state index is 0.0524. The van der Waals surface area contributed by atoms with E-state index in [4.69, 9.17) is 5.73 Å². The highest BCUT2D eigenvalue weighted by Crippen LogP contribution is 2.16. The predicted molar refractivity (Wildman–Crippen MR) is 82.8 cm³/mol. The first-order chi connectivity index (χ1) is 9.95. The average molecular weight is 287 g/mol. The molecule has 0 radical (unpaired) electrons. The van der Waals surface area contributed by atoms with E-state index in [9.17, 15) is 9.18 Å². The van der Waals surface area contributed by atoms with Gasteiger partial charge in [-0.05, 0) is 49.2 Å². The van der Waals surface area contributed by atoms with Crippen LogP contribution in [-0.2, 0) is 0 Å². The maximum atomic E-state index is 13.4. The van der Waals surface area contributed by atoms with Gasteiger partial charge in [0, 0.05) is 17.4 Å². The summed E-state index contributed by atoms with van der Waals surface area (Å²) in [6.07, 6.45) is 0. The summed E-state index contributed by atoms with van der Waals surface area (Å²) in [6, 6.07) is 11.3. The van der Waals surface area contributed by atoms with Gasteiger partial charge in [0.25, 0.3) is 0 Å². The maximum Gasteiger partial charge on any atom is 0.323 e. The summed E-state index contributed by atoms with van der Waals surface area (Å²) in [6.45, 7) is 3.56. The molecule has 0 spiro atoms. The fourth-order valence-corrected chi connectivity index (χ4v) is 1.83. The third-order valence-corrected chi connectivity index (χ3v) is 3.12. The molecule has 0 aliphatic carbocycles. The lowest BCUT2D eigenvalue weighted by atomic mass is 10.1. The Morgan fingerprint density at radius 3 is 2.24 bits per heavy atom. The number of rotatable bonds is 3. The molecule has 0 fully saturated rings. The van der Waals surface area contributed by atoms with Gasteiger partial charge in [0.15, 0.2) is 0 Å². The molecule has 2 aromatic rings. The maximum absolute atomic E-state index is 13.4. The van der Waals surface area contributed by atoms with Crippen LogP contribution >= 0.6 is 0 Å². The van der Waals surface area contributed by atoms with Crippen molar-refractivity contribution in [2.24, 2.45) is 5.73 Å². The molecule has 21 heavy (non-hydrogen) atoms. The van der Waals surface area contributed by atoms with Crippen LogP contribution in [0.15, 0.2) is 42.5 Å². The number of halogens is 1. The zero-order chi connectivity index (χ0) is 15.4. The molecular formula is C16H18FN3O. The van der Waals surface area contributed by atoms with Gasteiger partial charge in [0.2, 0.25) is 0 Å². The Labute approximate surface area is 123 Å². The number of carbonyl (C=O) groups excluding carboxylic acids is 1. The van der Waals surface area contributed by atoms with E-state index in [1.54, 1.807) is 31.2 Å². The monoisotopic (exact) mass is 287 g/mol. The molecule has 1 unspecified atom stereocenters. The Morgan fingerprint density at radius 1 is 1.10 bits per heavy atom. The number of urea groups is 1. The van der Waals surface area contributed by atoms with Crippen molar-refractivity contribution in [2.75, 3.05) is 10.6 Å². The fraction of sp³-hybridized carbons (Fsp3) is 0.188. The van der Waals surface area contributed by atoms with Crippen molar-refractivity contribution in [2.45, 2.75) is 19.9 Å². The number of aryl methyl sites for hydroxylation is 1. The van der Waals surface area contributed by atoms with Gasteiger partial charge in [-0.3, -0.25) is 0 Å². The van der Waals surface area contributed by atoms with Crippen LogP contribution in [0.3, 0.4) is 0 Å². The molecule has 0 aliphatic rings. The number of amides is 2. The van der Waals surface area contributed by atoms with Crippen molar-refractivity contribution in [3.05, 3.63) is 59.4 Å². The van der Waals surface area contributed by atoms with Gasteiger partial charge in [-0.15, -0.1) is 0 Å². The first-order valence-corrected chi connectivity index (χ1v) is 6.65. The molecule has 0 saturated heterocycles. The lowest BCUT2D eigenvalue weighted by Gasteiger charge is -2.10. The summed E-state index contributed by atoms with van der Waals surface area (Å²) in [5.41, 5.74) is 8.33. The summed E-state index contributed by atoms with van der Waals surface area (Å²) in [7, 11) is 0. The van der Waals surface area contributed by atoms with Crippen LogP contribution in [0, 0.1) is 12.7 Å². The van der Waals surface area contributed by atoms with Gasteiger partial charge < -0.3 is 16.4 Å². The van der Waals surface area contributed by atoms with Crippen molar-refractivity contribution >= 4 is 17.4 Å². The number of hydrogen-bond acceptors (Lipinski definition) is 2. The zero-order valence-corrected chi connectivity index (χ0v) is 12.0. The Bertz CT molecular complexity index is 638. The lowest BCUT2D eigenvalue weighted by Crippen LogP contribution is -2.19. The molecule has 2 rings (SSSR count). The SMILES string of the molecule is Cc1ccc(NC(=O)Nc2ccc(C(C)N)cc2)cc1F. The Morgan fingerprint density at radius 2 is 1.67 bits per heavy atom. The molecule has 2 aromatic carbocycles. The summed E-state index contributed by atoms with van der Waals surface area (Å²) < 4.78 is 13.4. The van der Waals surface area contributed by atoms with Crippen LogP contribution in [0.1, 0.15) is 24.1 Å². The quantitative estimate of drug-likeness (QED) is 0.803. The summed E-state index contributed by atoms with van der Waals surface area (Å²) in [5.74, 6) is -0.353. The zero-order valence-electron chi connectivity index (χ0n) is 12.0. The van der Waals surface area contributed by atoms with E-state index in [1.165, 1.54) is 6.07 Å². The van der Waals surface area contributed by atoms with E-state index >= 15 is 0 Å². The van der Waals surface area contributed by atoms with E-state index in [0.717, 1.165) is 5.56 Å². The van der Waals surface area contributed by atoms with E-state index in [2.05, 4.69) is 10.6 Å². The van der Waals surface area contributed by atoms with Gasteiger partial charge >= 0.3 is 6.03 Å². The number of benzene rings is 2. The number of anilines is 2. The summed E-state index contributed by atoms with van der Waals surface area (Å²) in [5, 5.41) is 5.26. The van der Waals surface area contributed by atoms with Crippen molar-refractivity contribution in [3.8, 4) is 0 Å². The summed E-state index contributed by atoms with van der Waals surface area (Å²) in [4.78, 5) is 11.8. The average Bonchev–Trinajstić information content (AvgIpc) is 2.43. The van der Waals surface area contributed by atoms with Crippen molar-refractivity contribution in [3.63, 3.8) is 0 Å². The largest absolute Gasteiger partial charge is 0.324 e. The number of nitrogens with one attached hydrogen (secondary N) is 2. The van der Waals surface area contributed by atoms with Crippen LogP contribution in [0.25, 0.3) is 0 Å². The van der Waals surface area contributed by atoms with Gasteiger partial charge in [0.1, 0.15) is 5.82 Å². The molecule has 110 valence electrons. The van der Waals surface area contributed by atoms with Crippen molar-refractivity contribution in [1.29, 1.82) is 0 Å². The molecule has 4 nitrogen and oxygen atoms in total. The van der Waals surface area contributed by atoms with E-state index in [-0.39, 0.29) is 11.9 Å². The molecule has 0 saturated carbocycles. The van der Waals surface area contributed by atoms with E-state index in [0.29, 0.717) is 16.9 Å². The van der Waals surface area contributed by atoms with E-state index in [1.807, 2.05) is 19.1 Å². The van der Waals surface area contributed by atoms with Crippen LogP contribution in [-0.4, -0.2) is 6.03 Å². The summed E-state index contributed by atoms with van der Waals surface area (Å²) >= 11 is 0. The van der Waals surface area contributed by atoms with Crippen LogP contribution in [0.2, 0.25) is 0 Å². The molecular weight excluding hydrogens is 269 g/mol. The third kappa shape index (κ3) is 4.03. The Kier molecular flexibility index (Phi) is 4.55. The minimum Gasteiger partial charge on any atom is -0.324 e. The molecule has 0 bridgehead atoms. The minimum atomic E-state index is -0.424. The second kappa shape index (κ2) is 6.37. The highest BCUT2D eigenvalue weighted by molar-refractivity contribution is 5.99. The van der Waals surface area contributed by atoms with Gasteiger partial charge in [-0.25, -0.2) is 9.18 Å². The predicted octanol–water partition coefficient (Wildman–Crippen LogP) is 3.80. The second-order valence-electron chi connectivity index (χ2n) is 4.95. The molecule has 1 atom stereocenters. The molecule has 0 aromatic heterocycles. The lowest BCUT2D eigenvalue weighted by molar-refractivity contribution is 0.262. The van der Waals surface area contributed by atoms with Gasteiger partial charge in [0.05, 0.1) is 0 Å². The second-order valence-corrected chi connectivity index (χ2v) is 4.95. The molecule has 2 amide bonds. The van der Waals surface area contributed by atoms with Crippen molar-refractivity contribution in [1.82, 2.24) is 0 Å². The molecule has 0 heterocycles. The van der Waals surface area contributed by atoms with Gasteiger partial charge in [-0.1, -0.05) is 18.2 Å². The Hall–Kier alpha value is -2.40. The van der Waals surface area contributed by atoms with Crippen LogP contribution < -0.4 is 16.4 Å². The Balaban J connectivity index is 1.99. The van der Waals surface area contributed by atoms with Crippen LogP contribution in [0.5, 0.6) is 0 Å². The fourth-order valence-electron chi connectivity index (χ4n) is 1.83. The standard InChI is InChI=1S/C16H18FN3O/c1-10-3-6-14(9-15(10)17)20-16(21)19-13-7-4-12(5-8-13)11(2)18/h3-9,11H,18H2,1-2H3,(H2,19,20,21). The first kappa shape index (κ1) is 15.0.